The smallest absolute Gasteiger partial charge is 0.257 e. The van der Waals surface area contributed by atoms with Gasteiger partial charge >= 0.3 is 0 Å². The summed E-state index contributed by atoms with van der Waals surface area (Å²) in [5, 5.41) is 4.44. The molecule has 0 N–H and O–H groups in total. The number of benzene rings is 1. The summed E-state index contributed by atoms with van der Waals surface area (Å²) < 4.78 is 14.9. The van der Waals surface area contributed by atoms with Crippen molar-refractivity contribution in [3.8, 4) is 0 Å². The molecule has 1 atom stereocenters. The highest BCUT2D eigenvalue weighted by Crippen LogP contribution is 2.23. The SMILES string of the molecule is CCCn1cc(C(=O)N2CCC[C@@H](Cc3ccc(F)cc3)C2)c(C)n1. The van der Waals surface area contributed by atoms with Crippen LogP contribution >= 0.6 is 0 Å². The Balaban J connectivity index is 1.66. The van der Waals surface area contributed by atoms with Crippen LogP contribution in [0.15, 0.2) is 30.5 Å². The fraction of sp³-hybridized carbons (Fsp3) is 0.500. The number of rotatable bonds is 5. The van der Waals surface area contributed by atoms with E-state index in [1.54, 1.807) is 0 Å². The molecule has 0 unspecified atom stereocenters. The van der Waals surface area contributed by atoms with Crippen LogP contribution in [0.2, 0.25) is 0 Å². The largest absolute Gasteiger partial charge is 0.338 e. The highest BCUT2D eigenvalue weighted by Gasteiger charge is 2.26. The highest BCUT2D eigenvalue weighted by atomic mass is 19.1. The first kappa shape index (κ1) is 17.6. The molecule has 0 aliphatic carbocycles. The Kier molecular flexibility index (Phi) is 5.51. The van der Waals surface area contributed by atoms with Crippen LogP contribution in [0, 0.1) is 18.7 Å². The molecule has 3 rings (SSSR count). The molecule has 0 bridgehead atoms. The Morgan fingerprint density at radius 2 is 2.08 bits per heavy atom. The zero-order chi connectivity index (χ0) is 17.8. The maximum atomic E-state index is 13.1. The maximum Gasteiger partial charge on any atom is 0.257 e. The van der Waals surface area contributed by atoms with Gasteiger partial charge in [0.2, 0.25) is 0 Å². The van der Waals surface area contributed by atoms with Gasteiger partial charge in [-0.05, 0) is 56.2 Å². The second-order valence-electron chi connectivity index (χ2n) is 6.98. The van der Waals surface area contributed by atoms with E-state index < -0.39 is 0 Å². The first-order valence-electron chi connectivity index (χ1n) is 9.14. The fourth-order valence-corrected chi connectivity index (χ4v) is 3.61. The van der Waals surface area contributed by atoms with Gasteiger partial charge in [-0.3, -0.25) is 9.48 Å². The van der Waals surface area contributed by atoms with E-state index >= 15 is 0 Å². The normalized spacial score (nSPS) is 17.7. The van der Waals surface area contributed by atoms with Gasteiger partial charge in [-0.1, -0.05) is 19.1 Å². The minimum absolute atomic E-state index is 0.0867. The van der Waals surface area contributed by atoms with Gasteiger partial charge in [0.05, 0.1) is 11.3 Å². The molecule has 0 spiro atoms. The summed E-state index contributed by atoms with van der Waals surface area (Å²) in [4.78, 5) is 14.9. The van der Waals surface area contributed by atoms with Crippen molar-refractivity contribution in [2.45, 2.75) is 46.1 Å². The Morgan fingerprint density at radius 3 is 2.80 bits per heavy atom. The molecule has 134 valence electrons. The number of piperidine rings is 1. The van der Waals surface area contributed by atoms with Crippen LogP contribution in [0.1, 0.15) is 47.8 Å². The molecular weight excluding hydrogens is 317 g/mol. The monoisotopic (exact) mass is 343 g/mol. The van der Waals surface area contributed by atoms with Gasteiger partial charge in [0, 0.05) is 25.8 Å². The van der Waals surface area contributed by atoms with Gasteiger partial charge in [-0.2, -0.15) is 5.10 Å². The van der Waals surface area contributed by atoms with Gasteiger partial charge in [-0.25, -0.2) is 4.39 Å². The second kappa shape index (κ2) is 7.81. The number of hydrogen-bond donors (Lipinski definition) is 0. The second-order valence-corrected chi connectivity index (χ2v) is 6.98. The highest BCUT2D eigenvalue weighted by molar-refractivity contribution is 5.95. The Morgan fingerprint density at radius 1 is 1.32 bits per heavy atom. The zero-order valence-corrected chi connectivity index (χ0v) is 15.0. The Labute approximate surface area is 148 Å². The number of nitrogens with zero attached hydrogens (tertiary/aromatic N) is 3. The number of carbonyl (C=O) groups excluding carboxylic acids is 1. The van der Waals surface area contributed by atoms with Crippen molar-refractivity contribution >= 4 is 5.91 Å². The third-order valence-electron chi connectivity index (χ3n) is 4.87. The van der Waals surface area contributed by atoms with E-state index in [1.807, 2.05) is 34.8 Å². The molecule has 1 aromatic heterocycles. The summed E-state index contributed by atoms with van der Waals surface area (Å²) in [6, 6.07) is 6.70. The lowest BCUT2D eigenvalue weighted by Crippen LogP contribution is -2.40. The van der Waals surface area contributed by atoms with Crippen molar-refractivity contribution in [1.82, 2.24) is 14.7 Å². The first-order chi connectivity index (χ1) is 12.1. The molecule has 2 heterocycles. The van der Waals surface area contributed by atoms with Crippen LogP contribution < -0.4 is 0 Å². The van der Waals surface area contributed by atoms with Crippen LogP contribution in [0.3, 0.4) is 0 Å². The lowest BCUT2D eigenvalue weighted by molar-refractivity contribution is 0.0672. The van der Waals surface area contributed by atoms with Crippen LogP contribution in [0.25, 0.3) is 0 Å². The van der Waals surface area contributed by atoms with Gasteiger partial charge in [0.15, 0.2) is 0 Å². The van der Waals surface area contributed by atoms with E-state index in [4.69, 9.17) is 0 Å². The van der Waals surface area contributed by atoms with E-state index in [-0.39, 0.29) is 11.7 Å². The molecule has 1 aromatic carbocycles. The summed E-state index contributed by atoms with van der Waals surface area (Å²) >= 11 is 0. The molecule has 25 heavy (non-hydrogen) atoms. The van der Waals surface area contributed by atoms with Crippen LogP contribution in [0.5, 0.6) is 0 Å². The molecule has 1 aliphatic rings. The third-order valence-corrected chi connectivity index (χ3v) is 4.87. The number of hydrogen-bond acceptors (Lipinski definition) is 2. The number of aryl methyl sites for hydroxylation is 2. The van der Waals surface area contributed by atoms with Gasteiger partial charge in [0.1, 0.15) is 5.82 Å². The lowest BCUT2D eigenvalue weighted by atomic mass is 9.91. The lowest BCUT2D eigenvalue weighted by Gasteiger charge is -2.32. The van der Waals surface area contributed by atoms with Crippen molar-refractivity contribution < 1.29 is 9.18 Å². The predicted octanol–water partition coefficient (Wildman–Crippen LogP) is 3.84. The van der Waals surface area contributed by atoms with E-state index in [1.165, 1.54) is 12.1 Å². The van der Waals surface area contributed by atoms with Crippen molar-refractivity contribution in [2.24, 2.45) is 5.92 Å². The number of likely N-dealkylation sites (tertiary alicyclic amines) is 1. The maximum absolute atomic E-state index is 13.1. The quantitative estimate of drug-likeness (QED) is 0.827. The Bertz CT molecular complexity index is 723. The molecular formula is C20H26FN3O. The number of halogens is 1. The predicted molar refractivity (Wildman–Crippen MR) is 96.0 cm³/mol. The van der Waals surface area contributed by atoms with Crippen molar-refractivity contribution in [1.29, 1.82) is 0 Å². The summed E-state index contributed by atoms with van der Waals surface area (Å²) in [6.45, 7) is 6.40. The first-order valence-corrected chi connectivity index (χ1v) is 9.14. The van der Waals surface area contributed by atoms with E-state index in [0.717, 1.165) is 62.1 Å². The fourth-order valence-electron chi connectivity index (χ4n) is 3.61. The van der Waals surface area contributed by atoms with Crippen molar-refractivity contribution in [3.05, 3.63) is 53.1 Å². The summed E-state index contributed by atoms with van der Waals surface area (Å²) in [7, 11) is 0. The van der Waals surface area contributed by atoms with E-state index in [0.29, 0.717) is 5.92 Å². The van der Waals surface area contributed by atoms with Crippen molar-refractivity contribution in [2.75, 3.05) is 13.1 Å². The van der Waals surface area contributed by atoms with Crippen LogP contribution in [-0.2, 0) is 13.0 Å². The molecule has 4 nitrogen and oxygen atoms in total. The van der Waals surface area contributed by atoms with Crippen LogP contribution in [0.4, 0.5) is 4.39 Å². The molecule has 0 saturated carbocycles. The van der Waals surface area contributed by atoms with Gasteiger partial charge in [-0.15, -0.1) is 0 Å². The summed E-state index contributed by atoms with van der Waals surface area (Å²) in [5.74, 6) is 0.307. The van der Waals surface area contributed by atoms with E-state index in [9.17, 15) is 9.18 Å². The average Bonchev–Trinajstić information content (AvgIpc) is 2.97. The number of carbonyl (C=O) groups is 1. The van der Waals surface area contributed by atoms with Gasteiger partial charge < -0.3 is 4.90 Å². The molecule has 0 radical (unpaired) electrons. The van der Waals surface area contributed by atoms with Gasteiger partial charge in [0.25, 0.3) is 5.91 Å². The average molecular weight is 343 g/mol. The van der Waals surface area contributed by atoms with Crippen molar-refractivity contribution in [3.63, 3.8) is 0 Å². The molecule has 1 saturated heterocycles. The molecule has 2 aromatic rings. The minimum Gasteiger partial charge on any atom is -0.338 e. The minimum atomic E-state index is -0.205. The summed E-state index contributed by atoms with van der Waals surface area (Å²) in [5.41, 5.74) is 2.66. The molecule has 1 amide bonds. The molecule has 5 heteroatoms. The molecule has 1 fully saturated rings. The third kappa shape index (κ3) is 4.27. The van der Waals surface area contributed by atoms with Crippen LogP contribution in [-0.4, -0.2) is 33.7 Å². The van der Waals surface area contributed by atoms with E-state index in [2.05, 4.69) is 12.0 Å². The topological polar surface area (TPSA) is 38.1 Å². The standard InChI is InChI=1S/C20H26FN3O/c1-3-10-24-14-19(15(2)22-24)20(25)23-11-4-5-17(13-23)12-16-6-8-18(21)9-7-16/h6-9,14,17H,3-5,10-13H2,1-2H3/t17-/m0/s1. The number of amides is 1. The number of aromatic nitrogens is 2. The molecule has 1 aliphatic heterocycles. The summed E-state index contributed by atoms with van der Waals surface area (Å²) in [6.07, 6.45) is 5.89. The Hall–Kier alpha value is -2.17. The zero-order valence-electron chi connectivity index (χ0n) is 15.0.